The first-order chi connectivity index (χ1) is 5.52. The second-order valence-corrected chi connectivity index (χ2v) is 9.42. The fraction of sp³-hybridized carbons (Fsp3) is 0.800. The van der Waals surface area contributed by atoms with E-state index in [1.807, 2.05) is 0 Å². The SMILES string of the molecule is CCCC/C=C(\CO)[Si](C)(C)C. The van der Waals surface area contributed by atoms with Crippen molar-refractivity contribution in [3.05, 3.63) is 11.3 Å². The molecule has 0 aromatic rings. The summed E-state index contributed by atoms with van der Waals surface area (Å²) in [6.07, 6.45) is 5.86. The maximum Gasteiger partial charge on any atom is 0.0750 e. The maximum absolute atomic E-state index is 9.13. The topological polar surface area (TPSA) is 20.2 Å². The van der Waals surface area contributed by atoms with Crippen molar-refractivity contribution in [2.75, 3.05) is 6.61 Å². The molecule has 0 aliphatic heterocycles. The van der Waals surface area contributed by atoms with Gasteiger partial charge in [-0.15, -0.1) is 0 Å². The predicted octanol–water partition coefficient (Wildman–Crippen LogP) is 2.97. The van der Waals surface area contributed by atoms with Crippen LogP contribution in [0.3, 0.4) is 0 Å². The molecule has 0 fully saturated rings. The van der Waals surface area contributed by atoms with Gasteiger partial charge in [0.1, 0.15) is 0 Å². The molecular formula is C10H22OSi. The van der Waals surface area contributed by atoms with Crippen molar-refractivity contribution in [3.8, 4) is 0 Å². The van der Waals surface area contributed by atoms with Crippen molar-refractivity contribution in [1.82, 2.24) is 0 Å². The van der Waals surface area contributed by atoms with E-state index in [-0.39, 0.29) is 6.61 Å². The summed E-state index contributed by atoms with van der Waals surface area (Å²) in [5.41, 5.74) is 0. The van der Waals surface area contributed by atoms with Gasteiger partial charge in [-0.1, -0.05) is 50.7 Å². The molecule has 0 radical (unpaired) electrons. The van der Waals surface area contributed by atoms with Gasteiger partial charge in [-0.3, -0.25) is 0 Å². The van der Waals surface area contributed by atoms with Gasteiger partial charge < -0.3 is 5.11 Å². The average Bonchev–Trinajstić information content (AvgIpc) is 1.95. The molecule has 0 aliphatic rings. The lowest BCUT2D eigenvalue weighted by Crippen LogP contribution is -2.26. The fourth-order valence-electron chi connectivity index (χ4n) is 1.09. The molecule has 0 aliphatic carbocycles. The summed E-state index contributed by atoms with van der Waals surface area (Å²) in [6, 6.07) is 0. The Kier molecular flexibility index (Phi) is 5.50. The third kappa shape index (κ3) is 4.73. The monoisotopic (exact) mass is 186 g/mol. The summed E-state index contributed by atoms with van der Waals surface area (Å²) >= 11 is 0. The van der Waals surface area contributed by atoms with E-state index in [9.17, 15) is 0 Å². The Hall–Kier alpha value is -0.0831. The van der Waals surface area contributed by atoms with Crippen molar-refractivity contribution < 1.29 is 5.11 Å². The summed E-state index contributed by atoms with van der Waals surface area (Å²) in [7, 11) is -1.23. The maximum atomic E-state index is 9.13. The molecule has 0 amide bonds. The Balaban J connectivity index is 4.05. The number of allylic oxidation sites excluding steroid dienone is 1. The van der Waals surface area contributed by atoms with Crippen LogP contribution in [0.4, 0.5) is 0 Å². The van der Waals surface area contributed by atoms with Crippen molar-refractivity contribution in [1.29, 1.82) is 0 Å². The van der Waals surface area contributed by atoms with Gasteiger partial charge in [-0.25, -0.2) is 0 Å². The van der Waals surface area contributed by atoms with Crippen LogP contribution in [0.15, 0.2) is 11.3 Å². The van der Waals surface area contributed by atoms with Crippen LogP contribution in [0.1, 0.15) is 26.2 Å². The van der Waals surface area contributed by atoms with Crippen LogP contribution < -0.4 is 0 Å². The first-order valence-electron chi connectivity index (χ1n) is 4.82. The Labute approximate surface area is 77.5 Å². The fourth-order valence-corrected chi connectivity index (χ4v) is 2.32. The number of unbranched alkanes of at least 4 members (excludes halogenated alkanes) is 2. The summed E-state index contributed by atoms with van der Waals surface area (Å²) < 4.78 is 0. The van der Waals surface area contributed by atoms with E-state index in [1.54, 1.807) is 0 Å². The highest BCUT2D eigenvalue weighted by atomic mass is 28.3. The summed E-state index contributed by atoms with van der Waals surface area (Å²) in [4.78, 5) is 0. The van der Waals surface area contributed by atoms with Crippen LogP contribution in [-0.4, -0.2) is 19.8 Å². The number of hydrogen-bond donors (Lipinski definition) is 1. The summed E-state index contributed by atoms with van der Waals surface area (Å²) in [5, 5.41) is 10.4. The molecule has 2 heteroatoms. The second kappa shape index (κ2) is 5.54. The average molecular weight is 186 g/mol. The molecule has 0 atom stereocenters. The van der Waals surface area contributed by atoms with E-state index in [0.29, 0.717) is 0 Å². The first kappa shape index (κ1) is 11.9. The molecule has 0 aromatic carbocycles. The summed E-state index contributed by atoms with van der Waals surface area (Å²) in [6.45, 7) is 9.30. The Morgan fingerprint density at radius 3 is 2.25 bits per heavy atom. The van der Waals surface area contributed by atoms with Crippen LogP contribution in [0.25, 0.3) is 0 Å². The predicted molar refractivity (Wildman–Crippen MR) is 58.0 cm³/mol. The zero-order valence-electron chi connectivity index (χ0n) is 8.85. The van der Waals surface area contributed by atoms with Crippen molar-refractivity contribution in [2.45, 2.75) is 45.8 Å². The molecule has 0 saturated heterocycles. The number of rotatable bonds is 5. The van der Waals surface area contributed by atoms with Crippen LogP contribution in [-0.2, 0) is 0 Å². The highest BCUT2D eigenvalue weighted by Gasteiger charge is 2.17. The van der Waals surface area contributed by atoms with E-state index >= 15 is 0 Å². The summed E-state index contributed by atoms with van der Waals surface area (Å²) in [5.74, 6) is 0. The van der Waals surface area contributed by atoms with Crippen LogP contribution in [0.2, 0.25) is 19.6 Å². The lowest BCUT2D eigenvalue weighted by molar-refractivity contribution is 0.337. The molecule has 0 spiro atoms. The normalized spacial score (nSPS) is 13.6. The van der Waals surface area contributed by atoms with E-state index in [0.717, 1.165) is 6.42 Å². The van der Waals surface area contributed by atoms with Crippen LogP contribution in [0, 0.1) is 0 Å². The molecule has 0 saturated carbocycles. The van der Waals surface area contributed by atoms with Gasteiger partial charge in [0.2, 0.25) is 0 Å². The van der Waals surface area contributed by atoms with Gasteiger partial charge in [-0.05, 0) is 6.42 Å². The van der Waals surface area contributed by atoms with E-state index in [4.69, 9.17) is 5.11 Å². The molecule has 0 rings (SSSR count). The third-order valence-corrected chi connectivity index (χ3v) is 4.37. The molecule has 72 valence electrons. The minimum absolute atomic E-state index is 0.263. The number of aliphatic hydroxyl groups is 1. The molecule has 1 N–H and O–H groups in total. The third-order valence-electron chi connectivity index (χ3n) is 2.08. The lowest BCUT2D eigenvalue weighted by atomic mass is 10.2. The number of aliphatic hydroxyl groups excluding tert-OH is 1. The van der Waals surface area contributed by atoms with Crippen molar-refractivity contribution in [2.24, 2.45) is 0 Å². The smallest absolute Gasteiger partial charge is 0.0750 e. The highest BCUT2D eigenvalue weighted by molar-refractivity contribution is 6.83. The van der Waals surface area contributed by atoms with Gasteiger partial charge in [0.15, 0.2) is 0 Å². The molecular weight excluding hydrogens is 164 g/mol. The largest absolute Gasteiger partial charge is 0.392 e. The van der Waals surface area contributed by atoms with Crippen LogP contribution >= 0.6 is 0 Å². The zero-order chi connectivity index (χ0) is 9.61. The van der Waals surface area contributed by atoms with E-state index < -0.39 is 8.07 Å². The Morgan fingerprint density at radius 1 is 1.33 bits per heavy atom. The molecule has 0 heterocycles. The van der Waals surface area contributed by atoms with E-state index in [2.05, 4.69) is 32.6 Å². The minimum Gasteiger partial charge on any atom is -0.392 e. The van der Waals surface area contributed by atoms with Gasteiger partial charge in [0.05, 0.1) is 14.7 Å². The van der Waals surface area contributed by atoms with Gasteiger partial charge in [0, 0.05) is 0 Å². The zero-order valence-corrected chi connectivity index (χ0v) is 9.85. The Bertz CT molecular complexity index is 144. The van der Waals surface area contributed by atoms with Crippen LogP contribution in [0.5, 0.6) is 0 Å². The number of hydrogen-bond acceptors (Lipinski definition) is 1. The first-order valence-corrected chi connectivity index (χ1v) is 8.32. The lowest BCUT2D eigenvalue weighted by Gasteiger charge is -2.18. The minimum atomic E-state index is -1.23. The molecule has 12 heavy (non-hydrogen) atoms. The van der Waals surface area contributed by atoms with E-state index in [1.165, 1.54) is 18.0 Å². The highest BCUT2D eigenvalue weighted by Crippen LogP contribution is 2.15. The second-order valence-electron chi connectivity index (χ2n) is 4.28. The van der Waals surface area contributed by atoms with Gasteiger partial charge in [-0.2, -0.15) is 0 Å². The molecule has 0 aromatic heterocycles. The van der Waals surface area contributed by atoms with Crippen molar-refractivity contribution in [3.63, 3.8) is 0 Å². The van der Waals surface area contributed by atoms with Gasteiger partial charge in [0.25, 0.3) is 0 Å². The standard InChI is InChI=1S/C10H22OSi/c1-5-6-7-8-10(9-11)12(2,3)4/h8,11H,5-7,9H2,1-4H3/b10-8+. The van der Waals surface area contributed by atoms with Gasteiger partial charge >= 0.3 is 0 Å². The Morgan fingerprint density at radius 2 is 1.92 bits per heavy atom. The molecule has 0 unspecified atom stereocenters. The van der Waals surface area contributed by atoms with Crippen molar-refractivity contribution >= 4 is 8.07 Å². The molecule has 0 bridgehead atoms. The quantitative estimate of drug-likeness (QED) is 0.517. The molecule has 1 nitrogen and oxygen atoms in total.